The van der Waals surface area contributed by atoms with Gasteiger partial charge in [0.1, 0.15) is 5.75 Å². The van der Waals surface area contributed by atoms with Gasteiger partial charge in [0.25, 0.3) is 0 Å². The second-order valence-corrected chi connectivity index (χ2v) is 7.08. The Balaban J connectivity index is 1.63. The van der Waals surface area contributed by atoms with Crippen LogP contribution in [0.1, 0.15) is 30.0 Å². The van der Waals surface area contributed by atoms with E-state index in [-0.39, 0.29) is 11.9 Å². The highest BCUT2D eigenvalue weighted by atomic mass is 35.5. The maximum atomic E-state index is 12.4. The molecular weight excluding hydrogens is 348 g/mol. The number of carbonyl (C=O) groups excluding carboxylic acids is 1. The van der Waals surface area contributed by atoms with Crippen LogP contribution in [0.5, 0.6) is 5.75 Å². The highest BCUT2D eigenvalue weighted by Crippen LogP contribution is 2.26. The van der Waals surface area contributed by atoms with Gasteiger partial charge in [0.05, 0.1) is 19.6 Å². The van der Waals surface area contributed by atoms with Crippen molar-refractivity contribution in [2.24, 2.45) is 0 Å². The third-order valence-corrected chi connectivity index (χ3v) is 5.10. The summed E-state index contributed by atoms with van der Waals surface area (Å²) < 4.78 is 5.25. The molecule has 0 aliphatic carbocycles. The molecule has 2 aromatic carbocycles. The zero-order chi connectivity index (χ0) is 18.4. The van der Waals surface area contributed by atoms with E-state index in [2.05, 4.69) is 22.3 Å². The van der Waals surface area contributed by atoms with E-state index in [4.69, 9.17) is 16.3 Å². The molecule has 1 amide bonds. The standard InChI is InChI=1S/C21H25ClN2O2/c1-26-19-10-6-17(7-11-19)20(24-12-2-3-13-24)15-23-21(25)14-16-4-8-18(22)9-5-16/h4-11,20H,2-3,12-15H2,1H3,(H,23,25). The molecule has 1 aliphatic heterocycles. The maximum Gasteiger partial charge on any atom is 0.224 e. The third-order valence-electron chi connectivity index (χ3n) is 4.85. The van der Waals surface area contributed by atoms with E-state index in [1.54, 1.807) is 7.11 Å². The lowest BCUT2D eigenvalue weighted by atomic mass is 10.0. The number of hydrogen-bond donors (Lipinski definition) is 1. The Kier molecular flexibility index (Phi) is 6.53. The summed E-state index contributed by atoms with van der Waals surface area (Å²) in [4.78, 5) is 14.8. The van der Waals surface area contributed by atoms with Crippen LogP contribution >= 0.6 is 11.6 Å². The van der Waals surface area contributed by atoms with Crippen molar-refractivity contribution >= 4 is 17.5 Å². The molecule has 4 nitrogen and oxygen atoms in total. The summed E-state index contributed by atoms with van der Waals surface area (Å²) in [5, 5.41) is 3.79. The second kappa shape index (κ2) is 9.06. The lowest BCUT2D eigenvalue weighted by Gasteiger charge is -2.28. The minimum absolute atomic E-state index is 0.0324. The van der Waals surface area contributed by atoms with E-state index < -0.39 is 0 Å². The highest BCUT2D eigenvalue weighted by Gasteiger charge is 2.24. The van der Waals surface area contributed by atoms with Crippen molar-refractivity contribution < 1.29 is 9.53 Å². The predicted molar refractivity (Wildman–Crippen MR) is 105 cm³/mol. The molecule has 138 valence electrons. The molecule has 26 heavy (non-hydrogen) atoms. The predicted octanol–water partition coefficient (Wildman–Crippen LogP) is 3.84. The summed E-state index contributed by atoms with van der Waals surface area (Å²) in [7, 11) is 1.67. The summed E-state index contributed by atoms with van der Waals surface area (Å²) in [6.07, 6.45) is 2.79. The summed E-state index contributed by atoms with van der Waals surface area (Å²) >= 11 is 5.90. The van der Waals surface area contributed by atoms with Crippen LogP contribution in [0.3, 0.4) is 0 Å². The molecule has 1 heterocycles. The van der Waals surface area contributed by atoms with Gasteiger partial charge in [-0.25, -0.2) is 0 Å². The van der Waals surface area contributed by atoms with Crippen LogP contribution < -0.4 is 10.1 Å². The molecule has 3 rings (SSSR count). The number of amides is 1. The summed E-state index contributed by atoms with van der Waals surface area (Å²) in [5.74, 6) is 0.880. The van der Waals surface area contributed by atoms with E-state index in [0.717, 1.165) is 24.4 Å². The number of carbonyl (C=O) groups is 1. The van der Waals surface area contributed by atoms with Crippen molar-refractivity contribution in [3.63, 3.8) is 0 Å². The van der Waals surface area contributed by atoms with E-state index >= 15 is 0 Å². The van der Waals surface area contributed by atoms with Gasteiger partial charge in [-0.2, -0.15) is 0 Å². The van der Waals surface area contributed by atoms with Crippen molar-refractivity contribution in [1.82, 2.24) is 10.2 Å². The molecular formula is C21H25ClN2O2. The lowest BCUT2D eigenvalue weighted by molar-refractivity contribution is -0.120. The Morgan fingerprint density at radius 2 is 1.77 bits per heavy atom. The number of halogens is 1. The average Bonchev–Trinajstić information content (AvgIpc) is 3.19. The van der Waals surface area contributed by atoms with E-state index in [0.29, 0.717) is 18.0 Å². The quantitative estimate of drug-likeness (QED) is 0.802. The first-order chi connectivity index (χ1) is 12.7. The van der Waals surface area contributed by atoms with Gasteiger partial charge in [-0.15, -0.1) is 0 Å². The first-order valence-electron chi connectivity index (χ1n) is 9.05. The third kappa shape index (κ3) is 4.99. The summed E-state index contributed by atoms with van der Waals surface area (Å²) in [6, 6.07) is 15.7. The molecule has 1 saturated heterocycles. The number of ether oxygens (including phenoxy) is 1. The van der Waals surface area contributed by atoms with Crippen molar-refractivity contribution in [2.75, 3.05) is 26.7 Å². The number of nitrogens with one attached hydrogen (secondary N) is 1. The fraction of sp³-hybridized carbons (Fsp3) is 0.381. The normalized spacial score (nSPS) is 15.6. The largest absolute Gasteiger partial charge is 0.497 e. The van der Waals surface area contributed by atoms with Crippen LogP contribution in [0.2, 0.25) is 5.02 Å². The van der Waals surface area contributed by atoms with Gasteiger partial charge in [-0.05, 0) is 61.3 Å². The number of likely N-dealkylation sites (tertiary alicyclic amines) is 1. The molecule has 0 saturated carbocycles. The molecule has 2 aromatic rings. The summed E-state index contributed by atoms with van der Waals surface area (Å²) in [5.41, 5.74) is 2.17. The van der Waals surface area contributed by atoms with Crippen LogP contribution in [0.25, 0.3) is 0 Å². The van der Waals surface area contributed by atoms with Gasteiger partial charge < -0.3 is 10.1 Å². The fourth-order valence-corrected chi connectivity index (χ4v) is 3.52. The Morgan fingerprint density at radius 3 is 2.38 bits per heavy atom. The Bertz CT molecular complexity index is 710. The zero-order valence-electron chi connectivity index (χ0n) is 15.1. The molecule has 0 bridgehead atoms. The first-order valence-corrected chi connectivity index (χ1v) is 9.42. The van der Waals surface area contributed by atoms with Gasteiger partial charge in [0.2, 0.25) is 5.91 Å². The molecule has 1 atom stereocenters. The van der Waals surface area contributed by atoms with Crippen LogP contribution in [-0.4, -0.2) is 37.6 Å². The Hall–Kier alpha value is -2.04. The number of methoxy groups -OCH3 is 1. The maximum absolute atomic E-state index is 12.4. The summed E-state index contributed by atoms with van der Waals surface area (Å²) in [6.45, 7) is 2.76. The molecule has 0 aromatic heterocycles. The molecule has 0 radical (unpaired) electrons. The monoisotopic (exact) mass is 372 g/mol. The van der Waals surface area contributed by atoms with Crippen LogP contribution in [0.15, 0.2) is 48.5 Å². The van der Waals surface area contributed by atoms with Gasteiger partial charge in [0.15, 0.2) is 0 Å². The van der Waals surface area contributed by atoms with Gasteiger partial charge >= 0.3 is 0 Å². The molecule has 1 unspecified atom stereocenters. The number of nitrogens with zero attached hydrogens (tertiary/aromatic N) is 1. The Labute approximate surface area is 160 Å². The van der Waals surface area contributed by atoms with Gasteiger partial charge in [0, 0.05) is 11.6 Å². The van der Waals surface area contributed by atoms with Crippen LogP contribution in [0, 0.1) is 0 Å². The number of hydrogen-bond acceptors (Lipinski definition) is 3. The second-order valence-electron chi connectivity index (χ2n) is 6.64. The molecule has 0 spiro atoms. The molecule has 1 N–H and O–H groups in total. The fourth-order valence-electron chi connectivity index (χ4n) is 3.40. The topological polar surface area (TPSA) is 41.6 Å². The van der Waals surface area contributed by atoms with Crippen molar-refractivity contribution in [3.8, 4) is 5.75 Å². The number of rotatable bonds is 7. The minimum atomic E-state index is 0.0324. The van der Waals surface area contributed by atoms with Crippen molar-refractivity contribution in [2.45, 2.75) is 25.3 Å². The molecule has 5 heteroatoms. The van der Waals surface area contributed by atoms with E-state index in [1.165, 1.54) is 18.4 Å². The van der Waals surface area contributed by atoms with E-state index in [1.807, 2.05) is 36.4 Å². The van der Waals surface area contributed by atoms with Gasteiger partial charge in [-0.3, -0.25) is 9.69 Å². The van der Waals surface area contributed by atoms with Crippen molar-refractivity contribution in [3.05, 3.63) is 64.7 Å². The highest BCUT2D eigenvalue weighted by molar-refractivity contribution is 6.30. The average molecular weight is 373 g/mol. The minimum Gasteiger partial charge on any atom is -0.497 e. The molecule has 1 fully saturated rings. The van der Waals surface area contributed by atoms with Crippen LogP contribution in [-0.2, 0) is 11.2 Å². The molecule has 1 aliphatic rings. The van der Waals surface area contributed by atoms with Crippen molar-refractivity contribution in [1.29, 1.82) is 0 Å². The zero-order valence-corrected chi connectivity index (χ0v) is 15.8. The van der Waals surface area contributed by atoms with E-state index in [9.17, 15) is 4.79 Å². The first kappa shape index (κ1) is 18.7. The number of benzene rings is 2. The van der Waals surface area contributed by atoms with Crippen LogP contribution in [0.4, 0.5) is 0 Å². The SMILES string of the molecule is COc1ccc(C(CNC(=O)Cc2ccc(Cl)cc2)N2CCCC2)cc1. The van der Waals surface area contributed by atoms with Gasteiger partial charge in [-0.1, -0.05) is 35.9 Å². The Morgan fingerprint density at radius 1 is 1.12 bits per heavy atom. The lowest BCUT2D eigenvalue weighted by Crippen LogP contribution is -2.37. The smallest absolute Gasteiger partial charge is 0.224 e.